The summed E-state index contributed by atoms with van der Waals surface area (Å²) < 4.78 is 15.7. The fourth-order valence-corrected chi connectivity index (χ4v) is 3.51. The van der Waals surface area contributed by atoms with Crippen molar-refractivity contribution in [2.45, 2.75) is 6.54 Å². The first kappa shape index (κ1) is 16.4. The standard InChI is InChI=1S/C19H15FN4OS/c1-23(11-14-12-26-18(21-14)13-7-3-2-4-8-13)19(25)16-17(20)24-10-6-5-9-15(24)22-16/h2-10,12H,11H2,1H3. The van der Waals surface area contributed by atoms with E-state index in [1.807, 2.05) is 35.7 Å². The maximum absolute atomic E-state index is 14.4. The minimum atomic E-state index is -0.652. The molecule has 7 heteroatoms. The summed E-state index contributed by atoms with van der Waals surface area (Å²) in [4.78, 5) is 22.7. The number of carbonyl (C=O) groups is 1. The van der Waals surface area contributed by atoms with Gasteiger partial charge in [-0.2, -0.15) is 4.39 Å². The van der Waals surface area contributed by atoms with Gasteiger partial charge in [-0.05, 0) is 12.1 Å². The average Bonchev–Trinajstić information content (AvgIpc) is 3.27. The highest BCUT2D eigenvalue weighted by Crippen LogP contribution is 2.24. The van der Waals surface area contributed by atoms with Crippen molar-refractivity contribution in [3.8, 4) is 10.6 Å². The Morgan fingerprint density at radius 3 is 2.69 bits per heavy atom. The molecule has 4 aromatic rings. The van der Waals surface area contributed by atoms with E-state index in [0.717, 1.165) is 16.3 Å². The predicted molar refractivity (Wildman–Crippen MR) is 98.5 cm³/mol. The lowest BCUT2D eigenvalue weighted by Crippen LogP contribution is -2.27. The third kappa shape index (κ3) is 2.97. The number of pyridine rings is 1. The van der Waals surface area contributed by atoms with Crippen molar-refractivity contribution in [1.29, 1.82) is 0 Å². The molecule has 26 heavy (non-hydrogen) atoms. The Kier molecular flexibility index (Phi) is 4.22. The normalized spacial score (nSPS) is 11.0. The smallest absolute Gasteiger partial charge is 0.277 e. The molecule has 0 aliphatic carbocycles. The molecule has 0 N–H and O–H groups in total. The van der Waals surface area contributed by atoms with Crippen molar-refractivity contribution in [2.24, 2.45) is 0 Å². The first-order valence-electron chi connectivity index (χ1n) is 8.01. The van der Waals surface area contributed by atoms with E-state index in [0.29, 0.717) is 5.65 Å². The molecule has 1 aromatic carbocycles. The molecule has 0 spiro atoms. The molecule has 0 aliphatic heterocycles. The van der Waals surface area contributed by atoms with E-state index < -0.39 is 11.9 Å². The zero-order valence-electron chi connectivity index (χ0n) is 14.0. The third-order valence-corrected chi connectivity index (χ3v) is 4.93. The quantitative estimate of drug-likeness (QED) is 0.551. The molecule has 0 radical (unpaired) electrons. The second-order valence-electron chi connectivity index (χ2n) is 5.85. The van der Waals surface area contributed by atoms with E-state index in [1.54, 1.807) is 31.4 Å². The van der Waals surface area contributed by atoms with E-state index in [2.05, 4.69) is 9.97 Å². The summed E-state index contributed by atoms with van der Waals surface area (Å²) in [6, 6.07) is 14.9. The minimum Gasteiger partial charge on any atom is -0.334 e. The number of hydrogen-bond acceptors (Lipinski definition) is 4. The van der Waals surface area contributed by atoms with Crippen LogP contribution in [0.4, 0.5) is 4.39 Å². The molecule has 0 aliphatic rings. The van der Waals surface area contributed by atoms with Crippen molar-refractivity contribution < 1.29 is 9.18 Å². The molecule has 5 nitrogen and oxygen atoms in total. The van der Waals surface area contributed by atoms with Crippen LogP contribution < -0.4 is 0 Å². The fourth-order valence-electron chi connectivity index (χ4n) is 2.69. The lowest BCUT2D eigenvalue weighted by atomic mass is 10.2. The van der Waals surface area contributed by atoms with Gasteiger partial charge in [0.15, 0.2) is 5.69 Å². The number of rotatable bonds is 4. The van der Waals surface area contributed by atoms with Crippen LogP contribution in [0, 0.1) is 5.95 Å². The number of thiazole rings is 1. The Labute approximate surface area is 153 Å². The summed E-state index contributed by atoms with van der Waals surface area (Å²) in [5.74, 6) is -1.12. The second-order valence-corrected chi connectivity index (χ2v) is 6.71. The molecule has 3 heterocycles. The van der Waals surface area contributed by atoms with Crippen LogP contribution in [-0.4, -0.2) is 32.2 Å². The van der Waals surface area contributed by atoms with Crippen molar-refractivity contribution in [3.05, 3.63) is 77.4 Å². The van der Waals surface area contributed by atoms with Crippen molar-refractivity contribution in [3.63, 3.8) is 0 Å². The fraction of sp³-hybridized carbons (Fsp3) is 0.105. The summed E-state index contributed by atoms with van der Waals surface area (Å²) in [7, 11) is 1.62. The van der Waals surface area contributed by atoms with E-state index >= 15 is 0 Å². The maximum atomic E-state index is 14.4. The van der Waals surface area contributed by atoms with Crippen molar-refractivity contribution in [2.75, 3.05) is 7.05 Å². The monoisotopic (exact) mass is 366 g/mol. The largest absolute Gasteiger partial charge is 0.334 e. The number of aromatic nitrogens is 3. The van der Waals surface area contributed by atoms with Crippen molar-refractivity contribution >= 4 is 22.9 Å². The topological polar surface area (TPSA) is 50.5 Å². The van der Waals surface area contributed by atoms with Crippen LogP contribution in [0.2, 0.25) is 0 Å². The van der Waals surface area contributed by atoms with Gasteiger partial charge in [-0.3, -0.25) is 9.20 Å². The highest BCUT2D eigenvalue weighted by atomic mass is 32.1. The molecule has 0 saturated carbocycles. The first-order valence-corrected chi connectivity index (χ1v) is 8.89. The van der Waals surface area contributed by atoms with Crippen LogP contribution in [0.3, 0.4) is 0 Å². The molecule has 0 unspecified atom stereocenters. The number of imidazole rings is 1. The lowest BCUT2D eigenvalue weighted by molar-refractivity contribution is 0.0773. The Bertz CT molecular complexity index is 1070. The first-order chi connectivity index (χ1) is 12.6. The van der Waals surface area contributed by atoms with Gasteiger partial charge in [-0.15, -0.1) is 11.3 Å². The highest BCUT2D eigenvalue weighted by molar-refractivity contribution is 7.13. The number of benzene rings is 1. The van der Waals surface area contributed by atoms with Crippen molar-refractivity contribution in [1.82, 2.24) is 19.3 Å². The molecule has 0 saturated heterocycles. The van der Waals surface area contributed by atoms with Gasteiger partial charge in [0.25, 0.3) is 5.91 Å². The molecule has 1 amide bonds. The van der Waals surface area contributed by atoms with Gasteiger partial charge in [0.05, 0.1) is 12.2 Å². The van der Waals surface area contributed by atoms with Crippen LogP contribution >= 0.6 is 11.3 Å². The van der Waals surface area contributed by atoms with Gasteiger partial charge in [-0.25, -0.2) is 9.97 Å². The molecule has 0 fully saturated rings. The van der Waals surface area contributed by atoms with Gasteiger partial charge in [0, 0.05) is 24.2 Å². The Balaban J connectivity index is 1.54. The van der Waals surface area contributed by atoms with Crippen LogP contribution in [0.1, 0.15) is 16.2 Å². The van der Waals surface area contributed by atoms with Gasteiger partial charge >= 0.3 is 0 Å². The highest BCUT2D eigenvalue weighted by Gasteiger charge is 2.22. The van der Waals surface area contributed by atoms with E-state index in [9.17, 15) is 9.18 Å². The number of halogens is 1. The SMILES string of the molecule is CN(Cc1csc(-c2ccccc2)n1)C(=O)c1nc2ccccn2c1F. The summed E-state index contributed by atoms with van der Waals surface area (Å²) in [6.07, 6.45) is 1.54. The number of nitrogens with zero attached hydrogens (tertiary/aromatic N) is 4. The van der Waals surface area contributed by atoms with Crippen LogP contribution in [0.5, 0.6) is 0 Å². The molecule has 0 atom stereocenters. The summed E-state index contributed by atoms with van der Waals surface area (Å²) >= 11 is 1.52. The molecule has 4 rings (SSSR count). The lowest BCUT2D eigenvalue weighted by Gasteiger charge is -2.14. The van der Waals surface area contributed by atoms with Gasteiger partial charge in [-0.1, -0.05) is 36.4 Å². The summed E-state index contributed by atoms with van der Waals surface area (Å²) in [5, 5.41) is 2.80. The Morgan fingerprint density at radius 1 is 1.15 bits per heavy atom. The third-order valence-electron chi connectivity index (χ3n) is 3.99. The number of fused-ring (bicyclic) bond motifs is 1. The van der Waals surface area contributed by atoms with Crippen LogP contribution in [0.25, 0.3) is 16.2 Å². The summed E-state index contributed by atoms with van der Waals surface area (Å²) in [6.45, 7) is 0.287. The second kappa shape index (κ2) is 6.68. The molecular weight excluding hydrogens is 351 g/mol. The molecule has 3 aromatic heterocycles. The number of carbonyl (C=O) groups excluding carboxylic acids is 1. The van der Waals surface area contributed by atoms with Crippen LogP contribution in [0.15, 0.2) is 60.1 Å². The Hall–Kier alpha value is -3.06. The zero-order valence-corrected chi connectivity index (χ0v) is 14.8. The minimum absolute atomic E-state index is 0.183. The molecule has 0 bridgehead atoms. The van der Waals surface area contributed by atoms with Gasteiger partial charge in [0.1, 0.15) is 10.7 Å². The average molecular weight is 366 g/mol. The maximum Gasteiger partial charge on any atom is 0.277 e. The van der Waals surface area contributed by atoms with E-state index in [4.69, 9.17) is 0 Å². The predicted octanol–water partition coefficient (Wildman–Crippen LogP) is 3.87. The molecule has 130 valence electrons. The van der Waals surface area contributed by atoms with E-state index in [1.165, 1.54) is 20.6 Å². The zero-order chi connectivity index (χ0) is 18.1. The summed E-state index contributed by atoms with van der Waals surface area (Å²) in [5.41, 5.74) is 2.01. The van der Waals surface area contributed by atoms with E-state index in [-0.39, 0.29) is 12.2 Å². The Morgan fingerprint density at radius 2 is 1.92 bits per heavy atom. The molecular formula is C19H15FN4OS. The van der Waals surface area contributed by atoms with Crippen LogP contribution in [-0.2, 0) is 6.54 Å². The van der Waals surface area contributed by atoms with Gasteiger partial charge in [0.2, 0.25) is 5.95 Å². The van der Waals surface area contributed by atoms with Gasteiger partial charge < -0.3 is 4.90 Å². The number of amides is 1. The number of hydrogen-bond donors (Lipinski definition) is 0.